The number of carbonyl (C=O) groups excluding carboxylic acids is 2. The van der Waals surface area contributed by atoms with Crippen LogP contribution in [0.3, 0.4) is 0 Å². The average molecular weight is 367 g/mol. The maximum atomic E-state index is 12.8. The summed E-state index contributed by atoms with van der Waals surface area (Å²) in [5.74, 6) is 0.177. The van der Waals surface area contributed by atoms with Gasteiger partial charge in [0.15, 0.2) is 6.61 Å². The molecule has 7 heteroatoms. The van der Waals surface area contributed by atoms with Crippen LogP contribution >= 0.6 is 0 Å². The van der Waals surface area contributed by atoms with Crippen molar-refractivity contribution in [2.45, 2.75) is 25.4 Å². The fraction of sp³-hybridized carbons (Fsp3) is 0.350. The minimum atomic E-state index is -1.01. The zero-order valence-electron chi connectivity index (χ0n) is 15.1. The normalized spacial score (nSPS) is 18.3. The third kappa shape index (κ3) is 3.38. The fourth-order valence-electron chi connectivity index (χ4n) is 3.47. The number of piperidine rings is 1. The van der Waals surface area contributed by atoms with E-state index in [1.807, 2.05) is 19.1 Å². The van der Waals surface area contributed by atoms with Gasteiger partial charge in [0.05, 0.1) is 11.4 Å². The van der Waals surface area contributed by atoms with E-state index in [9.17, 15) is 14.7 Å². The van der Waals surface area contributed by atoms with Crippen molar-refractivity contribution in [1.29, 1.82) is 0 Å². The maximum absolute atomic E-state index is 12.8. The van der Waals surface area contributed by atoms with Gasteiger partial charge < -0.3 is 20.1 Å². The first kappa shape index (κ1) is 17.5. The molecule has 2 aliphatic rings. The van der Waals surface area contributed by atoms with Crippen LogP contribution in [-0.4, -0.2) is 46.5 Å². The highest BCUT2D eigenvalue weighted by atomic mass is 16.5. The van der Waals surface area contributed by atoms with Crippen molar-refractivity contribution < 1.29 is 19.4 Å². The molecule has 3 heterocycles. The molecule has 4 rings (SSSR count). The summed E-state index contributed by atoms with van der Waals surface area (Å²) < 4.78 is 5.38. The quantitative estimate of drug-likeness (QED) is 0.845. The first-order valence-electron chi connectivity index (χ1n) is 8.96. The molecule has 7 nitrogen and oxygen atoms in total. The highest BCUT2D eigenvalue weighted by molar-refractivity contribution is 5.99. The Hall–Kier alpha value is -2.93. The molecule has 27 heavy (non-hydrogen) atoms. The first-order valence-corrected chi connectivity index (χ1v) is 8.96. The lowest BCUT2D eigenvalue weighted by Gasteiger charge is -2.38. The van der Waals surface area contributed by atoms with E-state index < -0.39 is 5.60 Å². The number of hydrogen-bond acceptors (Lipinski definition) is 5. The van der Waals surface area contributed by atoms with Gasteiger partial charge in [-0.15, -0.1) is 0 Å². The molecular formula is C20H21N3O4. The fourth-order valence-corrected chi connectivity index (χ4v) is 3.47. The molecule has 140 valence electrons. The molecule has 1 aromatic heterocycles. The Bertz CT molecular complexity index is 887. The number of amides is 2. The van der Waals surface area contributed by atoms with Crippen molar-refractivity contribution in [1.82, 2.24) is 9.88 Å². The minimum Gasteiger partial charge on any atom is -0.482 e. The van der Waals surface area contributed by atoms with Crippen molar-refractivity contribution in [2.24, 2.45) is 0 Å². The number of benzene rings is 1. The summed E-state index contributed by atoms with van der Waals surface area (Å²) in [5, 5.41) is 13.6. The molecule has 1 aromatic carbocycles. The van der Waals surface area contributed by atoms with Crippen molar-refractivity contribution in [3.8, 4) is 5.75 Å². The Balaban J connectivity index is 1.46. The number of nitrogens with zero attached hydrogens (tertiary/aromatic N) is 2. The number of nitrogens with one attached hydrogen (secondary N) is 1. The number of pyridine rings is 1. The molecule has 2 amide bonds. The lowest BCUT2D eigenvalue weighted by Crippen LogP contribution is -2.45. The summed E-state index contributed by atoms with van der Waals surface area (Å²) in [6.45, 7) is 2.79. The number of aliphatic hydroxyl groups is 1. The molecule has 0 unspecified atom stereocenters. The van der Waals surface area contributed by atoms with Crippen LogP contribution in [0.25, 0.3) is 0 Å². The number of aromatic nitrogens is 1. The smallest absolute Gasteiger partial charge is 0.262 e. The topological polar surface area (TPSA) is 91.8 Å². The summed E-state index contributed by atoms with van der Waals surface area (Å²) in [6.07, 6.45) is 2.62. The average Bonchev–Trinajstić information content (AvgIpc) is 2.68. The number of aryl methyl sites for hydroxylation is 1. The second-order valence-electron chi connectivity index (χ2n) is 7.09. The van der Waals surface area contributed by atoms with Gasteiger partial charge in [0.25, 0.3) is 11.8 Å². The van der Waals surface area contributed by atoms with E-state index in [2.05, 4.69) is 10.3 Å². The molecule has 1 saturated heterocycles. The number of ether oxygens (including phenoxy) is 1. The van der Waals surface area contributed by atoms with Crippen LogP contribution in [0.2, 0.25) is 0 Å². The SMILES string of the molecule is Cc1ccc(C2(O)CCN(C(=O)c3ccc4c(c3)OCC(=O)N4)CC2)nc1. The number of likely N-dealkylation sites (tertiary alicyclic amines) is 1. The van der Waals surface area contributed by atoms with Gasteiger partial charge >= 0.3 is 0 Å². The van der Waals surface area contributed by atoms with Gasteiger partial charge in [0.1, 0.15) is 11.4 Å². The molecule has 0 aliphatic carbocycles. The second-order valence-corrected chi connectivity index (χ2v) is 7.09. The van der Waals surface area contributed by atoms with E-state index in [1.54, 1.807) is 29.3 Å². The number of fused-ring (bicyclic) bond motifs is 1. The Morgan fingerprint density at radius 1 is 1.26 bits per heavy atom. The number of rotatable bonds is 2. The summed E-state index contributed by atoms with van der Waals surface area (Å²) in [7, 11) is 0. The Kier molecular flexibility index (Phi) is 4.31. The number of hydrogen-bond donors (Lipinski definition) is 2. The third-order valence-electron chi connectivity index (χ3n) is 5.13. The summed E-state index contributed by atoms with van der Waals surface area (Å²) in [5.41, 5.74) is 1.76. The summed E-state index contributed by atoms with van der Waals surface area (Å²) in [6, 6.07) is 8.79. The van der Waals surface area contributed by atoms with Gasteiger partial charge in [-0.25, -0.2) is 0 Å². The highest BCUT2D eigenvalue weighted by Gasteiger charge is 2.36. The standard InChI is InChI=1S/C20H21N3O4/c1-13-2-5-17(21-11-13)20(26)6-8-23(9-7-20)19(25)14-3-4-15-16(10-14)27-12-18(24)22-15/h2-5,10-11,26H,6-9,12H2,1H3,(H,22,24). The molecule has 0 atom stereocenters. The third-order valence-corrected chi connectivity index (χ3v) is 5.13. The van der Waals surface area contributed by atoms with Gasteiger partial charge in [0.2, 0.25) is 0 Å². The lowest BCUT2D eigenvalue weighted by molar-refractivity contribution is -0.118. The van der Waals surface area contributed by atoms with E-state index >= 15 is 0 Å². The molecule has 2 N–H and O–H groups in total. The lowest BCUT2D eigenvalue weighted by atomic mass is 9.87. The van der Waals surface area contributed by atoms with Crippen LogP contribution in [-0.2, 0) is 10.4 Å². The van der Waals surface area contributed by atoms with Crippen molar-refractivity contribution in [2.75, 3.05) is 25.0 Å². The van der Waals surface area contributed by atoms with Crippen LogP contribution in [0.15, 0.2) is 36.5 Å². The zero-order valence-corrected chi connectivity index (χ0v) is 15.1. The largest absolute Gasteiger partial charge is 0.482 e. The van der Waals surface area contributed by atoms with E-state index in [0.717, 1.165) is 5.56 Å². The predicted molar refractivity (Wildman–Crippen MR) is 98.6 cm³/mol. The number of carbonyl (C=O) groups is 2. The predicted octanol–water partition coefficient (Wildman–Crippen LogP) is 1.84. The van der Waals surface area contributed by atoms with E-state index in [1.165, 1.54) is 0 Å². The zero-order chi connectivity index (χ0) is 19.0. The van der Waals surface area contributed by atoms with Crippen molar-refractivity contribution in [3.63, 3.8) is 0 Å². The second kappa shape index (κ2) is 6.66. The monoisotopic (exact) mass is 367 g/mol. The van der Waals surface area contributed by atoms with Gasteiger partial charge in [-0.1, -0.05) is 6.07 Å². The summed E-state index contributed by atoms with van der Waals surface area (Å²) >= 11 is 0. The maximum Gasteiger partial charge on any atom is 0.262 e. The van der Waals surface area contributed by atoms with Crippen LogP contribution in [0.1, 0.15) is 34.5 Å². The van der Waals surface area contributed by atoms with E-state index in [4.69, 9.17) is 4.74 Å². The summed E-state index contributed by atoms with van der Waals surface area (Å²) in [4.78, 5) is 30.3. The van der Waals surface area contributed by atoms with Gasteiger partial charge in [-0.2, -0.15) is 0 Å². The molecule has 0 radical (unpaired) electrons. The molecular weight excluding hydrogens is 346 g/mol. The van der Waals surface area contributed by atoms with Crippen LogP contribution in [0, 0.1) is 6.92 Å². The highest BCUT2D eigenvalue weighted by Crippen LogP contribution is 2.33. The van der Waals surface area contributed by atoms with E-state index in [-0.39, 0.29) is 18.4 Å². The van der Waals surface area contributed by atoms with Gasteiger partial charge in [-0.3, -0.25) is 14.6 Å². The molecule has 0 spiro atoms. The molecule has 1 fully saturated rings. The van der Waals surface area contributed by atoms with Crippen LogP contribution in [0.4, 0.5) is 5.69 Å². The number of anilines is 1. The Labute approximate surface area is 157 Å². The van der Waals surface area contributed by atoms with Crippen LogP contribution < -0.4 is 10.1 Å². The molecule has 0 bridgehead atoms. The minimum absolute atomic E-state index is 0.0507. The van der Waals surface area contributed by atoms with Gasteiger partial charge in [-0.05, 0) is 49.6 Å². The molecule has 2 aromatic rings. The Morgan fingerprint density at radius 2 is 2.04 bits per heavy atom. The van der Waals surface area contributed by atoms with Crippen molar-refractivity contribution >= 4 is 17.5 Å². The molecule has 2 aliphatic heterocycles. The molecule has 0 saturated carbocycles. The van der Waals surface area contributed by atoms with Gasteiger partial charge in [0, 0.05) is 24.8 Å². The Morgan fingerprint density at radius 3 is 2.74 bits per heavy atom. The van der Waals surface area contributed by atoms with Crippen molar-refractivity contribution in [3.05, 3.63) is 53.3 Å². The van der Waals surface area contributed by atoms with E-state index in [0.29, 0.717) is 48.6 Å². The van der Waals surface area contributed by atoms with Crippen LogP contribution in [0.5, 0.6) is 5.75 Å². The first-order chi connectivity index (χ1) is 12.9.